The summed E-state index contributed by atoms with van der Waals surface area (Å²) in [6.07, 6.45) is 0. The van der Waals surface area contributed by atoms with Crippen molar-refractivity contribution in [2.75, 3.05) is 31.7 Å². The number of ether oxygens (including phenoxy) is 4. The van der Waals surface area contributed by atoms with Crippen LogP contribution < -0.4 is 19.5 Å². The Morgan fingerprint density at radius 3 is 2.10 bits per heavy atom. The van der Waals surface area contributed by atoms with E-state index in [1.54, 1.807) is 26.8 Å². The maximum Gasteiger partial charge on any atom is 0.338 e. The van der Waals surface area contributed by atoms with Gasteiger partial charge in [0.1, 0.15) is 5.82 Å². The Kier molecular flexibility index (Phi) is 8.46. The van der Waals surface area contributed by atoms with E-state index in [1.807, 2.05) is 6.92 Å². The molecule has 0 atom stereocenters. The number of hydrogen-bond acceptors (Lipinski definition) is 6. The first-order chi connectivity index (χ1) is 14.4. The van der Waals surface area contributed by atoms with Gasteiger partial charge in [0.2, 0.25) is 5.75 Å². The number of aryl methyl sites for hydroxylation is 1. The van der Waals surface area contributed by atoms with E-state index in [0.717, 1.165) is 0 Å². The SMILES string of the molecule is CCOc1cc(C(=O)OCC(=O)Nc2cc(F)ccc2C)cc(OCC)c1OCC. The topological polar surface area (TPSA) is 83.1 Å². The summed E-state index contributed by atoms with van der Waals surface area (Å²) in [6, 6.07) is 7.00. The van der Waals surface area contributed by atoms with Gasteiger partial charge in [0.05, 0.1) is 25.4 Å². The van der Waals surface area contributed by atoms with E-state index >= 15 is 0 Å². The van der Waals surface area contributed by atoms with Crippen LogP contribution in [0.1, 0.15) is 36.7 Å². The van der Waals surface area contributed by atoms with E-state index in [2.05, 4.69) is 5.32 Å². The number of carbonyl (C=O) groups is 2. The van der Waals surface area contributed by atoms with Gasteiger partial charge in [-0.15, -0.1) is 0 Å². The fraction of sp³-hybridized carbons (Fsp3) is 0.364. The van der Waals surface area contributed by atoms with Crippen LogP contribution in [-0.4, -0.2) is 38.3 Å². The summed E-state index contributed by atoms with van der Waals surface area (Å²) in [6.45, 7) is 7.75. The average Bonchev–Trinajstić information content (AvgIpc) is 2.71. The number of esters is 1. The molecule has 0 heterocycles. The van der Waals surface area contributed by atoms with Crippen LogP contribution in [0.3, 0.4) is 0 Å². The van der Waals surface area contributed by atoms with Crippen LogP contribution in [0.15, 0.2) is 30.3 Å². The summed E-state index contributed by atoms with van der Waals surface area (Å²) >= 11 is 0. The number of carbonyl (C=O) groups excluding carboxylic acids is 2. The molecule has 7 nitrogen and oxygen atoms in total. The number of halogens is 1. The summed E-state index contributed by atoms with van der Waals surface area (Å²) in [5.41, 5.74) is 1.15. The van der Waals surface area contributed by atoms with Gasteiger partial charge in [-0.1, -0.05) is 6.07 Å². The number of nitrogens with one attached hydrogen (secondary N) is 1. The van der Waals surface area contributed by atoms with Crippen molar-refractivity contribution in [1.82, 2.24) is 0 Å². The van der Waals surface area contributed by atoms with Gasteiger partial charge >= 0.3 is 5.97 Å². The molecule has 0 unspecified atom stereocenters. The van der Waals surface area contributed by atoms with Crippen LogP contribution in [0.2, 0.25) is 0 Å². The molecule has 2 aromatic rings. The number of benzene rings is 2. The lowest BCUT2D eigenvalue weighted by molar-refractivity contribution is -0.119. The van der Waals surface area contributed by atoms with Gasteiger partial charge in [-0.2, -0.15) is 0 Å². The number of amides is 1. The molecule has 0 fully saturated rings. The van der Waals surface area contributed by atoms with Crippen molar-refractivity contribution in [1.29, 1.82) is 0 Å². The van der Waals surface area contributed by atoms with Gasteiger partial charge in [-0.25, -0.2) is 9.18 Å². The molecular formula is C22H26FNO6. The van der Waals surface area contributed by atoms with Crippen molar-refractivity contribution in [3.63, 3.8) is 0 Å². The molecule has 8 heteroatoms. The van der Waals surface area contributed by atoms with Crippen molar-refractivity contribution >= 4 is 17.6 Å². The smallest absolute Gasteiger partial charge is 0.338 e. The molecule has 0 aromatic heterocycles. The fourth-order valence-corrected chi connectivity index (χ4v) is 2.64. The summed E-state index contributed by atoms with van der Waals surface area (Å²) < 4.78 is 35.2. The second-order valence-electron chi connectivity index (χ2n) is 6.18. The van der Waals surface area contributed by atoms with Gasteiger partial charge in [-0.3, -0.25) is 4.79 Å². The van der Waals surface area contributed by atoms with Gasteiger partial charge in [0, 0.05) is 5.69 Å². The highest BCUT2D eigenvalue weighted by molar-refractivity contribution is 5.96. The summed E-state index contributed by atoms with van der Waals surface area (Å²) in [4.78, 5) is 24.6. The van der Waals surface area contributed by atoms with E-state index in [0.29, 0.717) is 48.3 Å². The van der Waals surface area contributed by atoms with Crippen LogP contribution in [0, 0.1) is 12.7 Å². The van der Waals surface area contributed by atoms with Crippen molar-refractivity contribution < 1.29 is 32.9 Å². The Hall–Kier alpha value is -3.29. The molecule has 0 aliphatic heterocycles. The average molecular weight is 419 g/mol. The molecule has 0 saturated heterocycles. The second kappa shape index (κ2) is 11.0. The van der Waals surface area contributed by atoms with Gasteiger partial charge in [0.25, 0.3) is 5.91 Å². The lowest BCUT2D eigenvalue weighted by Gasteiger charge is -2.17. The van der Waals surface area contributed by atoms with E-state index in [1.165, 1.54) is 24.3 Å². The molecular weight excluding hydrogens is 393 g/mol. The number of hydrogen-bond donors (Lipinski definition) is 1. The molecule has 0 aliphatic carbocycles. The zero-order valence-corrected chi connectivity index (χ0v) is 17.5. The van der Waals surface area contributed by atoms with E-state index in [4.69, 9.17) is 18.9 Å². The third kappa shape index (κ3) is 6.10. The van der Waals surface area contributed by atoms with Crippen LogP contribution in [0.4, 0.5) is 10.1 Å². The van der Waals surface area contributed by atoms with E-state index in [-0.39, 0.29) is 5.56 Å². The minimum Gasteiger partial charge on any atom is -0.490 e. The molecule has 162 valence electrons. The number of rotatable bonds is 10. The quantitative estimate of drug-likeness (QED) is 0.583. The minimum atomic E-state index is -0.730. The molecule has 0 saturated carbocycles. The minimum absolute atomic E-state index is 0.153. The van der Waals surface area contributed by atoms with Crippen molar-refractivity contribution in [2.24, 2.45) is 0 Å². The lowest BCUT2D eigenvalue weighted by atomic mass is 10.2. The molecule has 1 amide bonds. The third-order valence-corrected chi connectivity index (χ3v) is 3.95. The maximum atomic E-state index is 13.4. The third-order valence-electron chi connectivity index (χ3n) is 3.95. The van der Waals surface area contributed by atoms with Crippen LogP contribution >= 0.6 is 0 Å². The Morgan fingerprint density at radius 2 is 1.53 bits per heavy atom. The van der Waals surface area contributed by atoms with Crippen LogP contribution in [0.5, 0.6) is 17.2 Å². The molecule has 0 radical (unpaired) electrons. The molecule has 0 aliphatic rings. The summed E-state index contributed by atoms with van der Waals surface area (Å²) in [5.74, 6) is -0.704. The van der Waals surface area contributed by atoms with Crippen molar-refractivity contribution in [3.8, 4) is 17.2 Å². The van der Waals surface area contributed by atoms with Crippen molar-refractivity contribution in [2.45, 2.75) is 27.7 Å². The van der Waals surface area contributed by atoms with Gasteiger partial charge in [0.15, 0.2) is 18.1 Å². The van der Waals surface area contributed by atoms with Crippen LogP contribution in [-0.2, 0) is 9.53 Å². The first-order valence-corrected chi connectivity index (χ1v) is 9.69. The Labute approximate surface area is 175 Å². The Bertz CT molecular complexity index is 872. The summed E-state index contributed by atoms with van der Waals surface area (Å²) in [5, 5.41) is 2.52. The zero-order chi connectivity index (χ0) is 22.1. The second-order valence-corrected chi connectivity index (χ2v) is 6.18. The fourth-order valence-electron chi connectivity index (χ4n) is 2.64. The molecule has 1 N–H and O–H groups in total. The predicted octanol–water partition coefficient (Wildman–Crippen LogP) is 4.13. The molecule has 2 aromatic carbocycles. The highest BCUT2D eigenvalue weighted by Crippen LogP contribution is 2.39. The molecule has 0 spiro atoms. The lowest BCUT2D eigenvalue weighted by Crippen LogP contribution is -2.21. The first kappa shape index (κ1) is 23.0. The highest BCUT2D eigenvalue weighted by Gasteiger charge is 2.20. The predicted molar refractivity (Wildman–Crippen MR) is 110 cm³/mol. The zero-order valence-electron chi connectivity index (χ0n) is 17.5. The first-order valence-electron chi connectivity index (χ1n) is 9.69. The van der Waals surface area contributed by atoms with E-state index < -0.39 is 24.3 Å². The molecule has 0 bridgehead atoms. The Balaban J connectivity index is 2.13. The standard InChI is InChI=1S/C22H26FNO6/c1-5-27-18-10-15(11-19(28-6-2)21(18)29-7-3)22(26)30-13-20(25)24-17-12-16(23)9-8-14(17)4/h8-12H,5-7,13H2,1-4H3,(H,24,25). The van der Waals surface area contributed by atoms with Gasteiger partial charge in [-0.05, 0) is 57.5 Å². The largest absolute Gasteiger partial charge is 0.490 e. The maximum absolute atomic E-state index is 13.4. The normalized spacial score (nSPS) is 10.3. The van der Waals surface area contributed by atoms with Crippen LogP contribution in [0.25, 0.3) is 0 Å². The van der Waals surface area contributed by atoms with Gasteiger partial charge < -0.3 is 24.3 Å². The monoisotopic (exact) mass is 419 g/mol. The molecule has 2 rings (SSSR count). The Morgan fingerprint density at radius 1 is 0.933 bits per heavy atom. The van der Waals surface area contributed by atoms with Crippen molar-refractivity contribution in [3.05, 3.63) is 47.3 Å². The molecule has 30 heavy (non-hydrogen) atoms. The summed E-state index contributed by atoms with van der Waals surface area (Å²) in [7, 11) is 0. The number of anilines is 1. The van der Waals surface area contributed by atoms with E-state index in [9.17, 15) is 14.0 Å². The highest BCUT2D eigenvalue weighted by atomic mass is 19.1.